The van der Waals surface area contributed by atoms with Crippen molar-refractivity contribution in [2.24, 2.45) is 0 Å². The molecule has 1 aromatic rings. The fourth-order valence-corrected chi connectivity index (χ4v) is 1.72. The van der Waals surface area contributed by atoms with Crippen LogP contribution in [0.25, 0.3) is 0 Å². The van der Waals surface area contributed by atoms with Gasteiger partial charge in [0.2, 0.25) is 5.91 Å². The molecule has 0 spiro atoms. The highest BCUT2D eigenvalue weighted by Gasteiger charge is 2.02. The molecule has 5 heteroatoms. The Morgan fingerprint density at radius 3 is 2.75 bits per heavy atom. The molecule has 0 saturated carbocycles. The number of rotatable bonds is 6. The standard InChI is InChI=1S/C11H14FNO2S/c1-15-6-7-16-8-11(14)13-10-4-2-9(12)3-5-10/h2-5H,6-8H2,1H3,(H,13,14). The summed E-state index contributed by atoms with van der Waals surface area (Å²) in [6.07, 6.45) is 0. The molecule has 3 nitrogen and oxygen atoms in total. The third kappa shape index (κ3) is 5.14. The van der Waals surface area contributed by atoms with Crippen LogP contribution in [0.2, 0.25) is 0 Å². The van der Waals surface area contributed by atoms with E-state index >= 15 is 0 Å². The van der Waals surface area contributed by atoms with Gasteiger partial charge in [-0.1, -0.05) is 0 Å². The second-order valence-electron chi connectivity index (χ2n) is 3.10. The lowest BCUT2D eigenvalue weighted by atomic mass is 10.3. The second-order valence-corrected chi connectivity index (χ2v) is 4.21. The predicted octanol–water partition coefficient (Wildman–Crippen LogP) is 2.14. The number of thioether (sulfide) groups is 1. The van der Waals surface area contributed by atoms with Crippen LogP contribution in [0, 0.1) is 5.82 Å². The molecule has 0 aromatic heterocycles. The number of ether oxygens (including phenoxy) is 1. The van der Waals surface area contributed by atoms with Crippen molar-refractivity contribution in [2.45, 2.75) is 0 Å². The van der Waals surface area contributed by atoms with E-state index in [2.05, 4.69) is 5.32 Å². The Morgan fingerprint density at radius 1 is 1.44 bits per heavy atom. The van der Waals surface area contributed by atoms with Crippen LogP contribution in [-0.2, 0) is 9.53 Å². The monoisotopic (exact) mass is 243 g/mol. The fourth-order valence-electron chi connectivity index (χ4n) is 1.04. The lowest BCUT2D eigenvalue weighted by Crippen LogP contribution is -2.14. The first-order valence-electron chi connectivity index (χ1n) is 4.84. The number of benzene rings is 1. The molecule has 0 aliphatic heterocycles. The first-order valence-corrected chi connectivity index (χ1v) is 6.00. The lowest BCUT2D eigenvalue weighted by molar-refractivity contribution is -0.113. The molecule has 0 radical (unpaired) electrons. The lowest BCUT2D eigenvalue weighted by Gasteiger charge is -2.04. The summed E-state index contributed by atoms with van der Waals surface area (Å²) in [6, 6.07) is 5.70. The Kier molecular flexibility index (Phi) is 5.88. The highest BCUT2D eigenvalue weighted by atomic mass is 32.2. The van der Waals surface area contributed by atoms with Crippen molar-refractivity contribution in [1.29, 1.82) is 0 Å². The number of amides is 1. The van der Waals surface area contributed by atoms with E-state index in [1.165, 1.54) is 36.0 Å². The number of nitrogens with one attached hydrogen (secondary N) is 1. The molecule has 88 valence electrons. The van der Waals surface area contributed by atoms with Crippen LogP contribution in [0.4, 0.5) is 10.1 Å². The smallest absolute Gasteiger partial charge is 0.234 e. The van der Waals surface area contributed by atoms with Gasteiger partial charge in [0.05, 0.1) is 12.4 Å². The average molecular weight is 243 g/mol. The first-order chi connectivity index (χ1) is 7.72. The van der Waals surface area contributed by atoms with Crippen molar-refractivity contribution in [2.75, 3.05) is 30.5 Å². The summed E-state index contributed by atoms with van der Waals surface area (Å²) < 4.78 is 17.4. The normalized spacial score (nSPS) is 10.1. The molecule has 1 rings (SSSR count). The van der Waals surface area contributed by atoms with Crippen LogP contribution in [0.5, 0.6) is 0 Å². The van der Waals surface area contributed by atoms with Gasteiger partial charge in [-0.2, -0.15) is 0 Å². The number of carbonyl (C=O) groups excluding carboxylic acids is 1. The Morgan fingerprint density at radius 2 is 2.12 bits per heavy atom. The van der Waals surface area contributed by atoms with Gasteiger partial charge in [0.1, 0.15) is 5.82 Å². The number of methoxy groups -OCH3 is 1. The SMILES string of the molecule is COCCSCC(=O)Nc1ccc(F)cc1. The van der Waals surface area contributed by atoms with Crippen molar-refractivity contribution in [3.63, 3.8) is 0 Å². The molecule has 0 unspecified atom stereocenters. The molecule has 0 atom stereocenters. The molecule has 0 aliphatic carbocycles. The summed E-state index contributed by atoms with van der Waals surface area (Å²) >= 11 is 1.50. The first kappa shape index (κ1) is 13.0. The molecule has 0 bridgehead atoms. The number of carbonyl (C=O) groups is 1. The Hall–Kier alpha value is -1.07. The number of hydrogen-bond acceptors (Lipinski definition) is 3. The van der Waals surface area contributed by atoms with Gasteiger partial charge in [0.25, 0.3) is 0 Å². The molecule has 16 heavy (non-hydrogen) atoms. The van der Waals surface area contributed by atoms with Crippen LogP contribution in [0.1, 0.15) is 0 Å². The predicted molar refractivity (Wildman–Crippen MR) is 64.2 cm³/mol. The summed E-state index contributed by atoms with van der Waals surface area (Å²) in [6.45, 7) is 0.633. The van der Waals surface area contributed by atoms with Crippen LogP contribution < -0.4 is 5.32 Å². The molecule has 1 amide bonds. The zero-order chi connectivity index (χ0) is 11.8. The maximum Gasteiger partial charge on any atom is 0.234 e. The van der Waals surface area contributed by atoms with E-state index < -0.39 is 0 Å². The molecular weight excluding hydrogens is 229 g/mol. The highest BCUT2D eigenvalue weighted by molar-refractivity contribution is 7.99. The number of halogens is 1. The topological polar surface area (TPSA) is 38.3 Å². The van der Waals surface area contributed by atoms with Crippen LogP contribution >= 0.6 is 11.8 Å². The van der Waals surface area contributed by atoms with Gasteiger partial charge in [-0.15, -0.1) is 11.8 Å². The van der Waals surface area contributed by atoms with E-state index in [4.69, 9.17) is 4.74 Å². The fraction of sp³-hybridized carbons (Fsp3) is 0.364. The van der Waals surface area contributed by atoms with Gasteiger partial charge in [0, 0.05) is 18.6 Å². The maximum absolute atomic E-state index is 12.6. The minimum atomic E-state index is -0.313. The van der Waals surface area contributed by atoms with E-state index in [9.17, 15) is 9.18 Å². The summed E-state index contributed by atoms with van der Waals surface area (Å²) in [5, 5.41) is 2.68. The Balaban J connectivity index is 2.26. The molecular formula is C11H14FNO2S. The zero-order valence-electron chi connectivity index (χ0n) is 9.03. The van der Waals surface area contributed by atoms with Crippen molar-refractivity contribution < 1.29 is 13.9 Å². The second kappa shape index (κ2) is 7.24. The maximum atomic E-state index is 12.6. The third-order valence-electron chi connectivity index (χ3n) is 1.79. The molecule has 0 fully saturated rings. The van der Waals surface area contributed by atoms with E-state index in [1.54, 1.807) is 7.11 Å². The summed E-state index contributed by atoms with van der Waals surface area (Å²) in [7, 11) is 1.62. The van der Waals surface area contributed by atoms with Gasteiger partial charge < -0.3 is 10.1 Å². The average Bonchev–Trinajstić information content (AvgIpc) is 2.28. The van der Waals surface area contributed by atoms with Crippen LogP contribution in [-0.4, -0.2) is 31.1 Å². The molecule has 0 heterocycles. The minimum Gasteiger partial charge on any atom is -0.384 e. The van der Waals surface area contributed by atoms with Gasteiger partial charge in [-0.05, 0) is 24.3 Å². The summed E-state index contributed by atoms with van der Waals surface area (Å²) in [4.78, 5) is 11.4. The van der Waals surface area contributed by atoms with Crippen molar-refractivity contribution in [3.05, 3.63) is 30.1 Å². The van der Waals surface area contributed by atoms with E-state index in [-0.39, 0.29) is 11.7 Å². The van der Waals surface area contributed by atoms with Crippen molar-refractivity contribution in [1.82, 2.24) is 0 Å². The van der Waals surface area contributed by atoms with E-state index in [1.807, 2.05) is 0 Å². The highest BCUT2D eigenvalue weighted by Crippen LogP contribution is 2.09. The number of hydrogen-bond donors (Lipinski definition) is 1. The van der Waals surface area contributed by atoms with Gasteiger partial charge in [0.15, 0.2) is 0 Å². The largest absolute Gasteiger partial charge is 0.384 e. The Bertz CT molecular complexity index is 329. The number of anilines is 1. The molecule has 1 N–H and O–H groups in total. The third-order valence-corrected chi connectivity index (χ3v) is 2.71. The van der Waals surface area contributed by atoms with Crippen molar-refractivity contribution >= 4 is 23.4 Å². The summed E-state index contributed by atoms with van der Waals surface area (Å²) in [5.74, 6) is 0.758. The molecule has 1 aromatic carbocycles. The van der Waals surface area contributed by atoms with Crippen molar-refractivity contribution in [3.8, 4) is 0 Å². The molecule has 0 saturated heterocycles. The van der Waals surface area contributed by atoms with Gasteiger partial charge in [-0.25, -0.2) is 4.39 Å². The van der Waals surface area contributed by atoms with E-state index in [0.29, 0.717) is 18.0 Å². The van der Waals surface area contributed by atoms with Gasteiger partial charge >= 0.3 is 0 Å². The minimum absolute atomic E-state index is 0.0901. The zero-order valence-corrected chi connectivity index (χ0v) is 9.85. The quantitative estimate of drug-likeness (QED) is 0.778. The summed E-state index contributed by atoms with van der Waals surface area (Å²) in [5.41, 5.74) is 0.610. The Labute approximate surface area is 98.4 Å². The van der Waals surface area contributed by atoms with Crippen LogP contribution in [0.15, 0.2) is 24.3 Å². The van der Waals surface area contributed by atoms with Gasteiger partial charge in [-0.3, -0.25) is 4.79 Å². The van der Waals surface area contributed by atoms with Crippen LogP contribution in [0.3, 0.4) is 0 Å². The van der Waals surface area contributed by atoms with E-state index in [0.717, 1.165) is 5.75 Å². The molecule has 0 aliphatic rings.